The molecule has 1 aliphatic rings. The van der Waals surface area contributed by atoms with Crippen molar-refractivity contribution in [2.45, 2.75) is 25.4 Å². The number of benzene rings is 1. The van der Waals surface area contributed by atoms with E-state index in [1.807, 2.05) is 31.2 Å². The van der Waals surface area contributed by atoms with Crippen LogP contribution in [0.1, 0.15) is 18.4 Å². The molecule has 1 N–H and O–H groups in total. The molecule has 22 heavy (non-hydrogen) atoms. The fourth-order valence-corrected chi connectivity index (χ4v) is 2.81. The number of hydrogen-bond donors (Lipinski definition) is 1. The van der Waals surface area contributed by atoms with Gasteiger partial charge in [-0.05, 0) is 31.4 Å². The zero-order chi connectivity index (χ0) is 15.4. The lowest BCUT2D eigenvalue weighted by molar-refractivity contribution is -0.0158. The van der Waals surface area contributed by atoms with Gasteiger partial charge in [0.25, 0.3) is 0 Å². The third kappa shape index (κ3) is 3.36. The van der Waals surface area contributed by atoms with Crippen LogP contribution in [0.4, 0.5) is 5.82 Å². The summed E-state index contributed by atoms with van der Waals surface area (Å²) in [4.78, 5) is 10.5. The minimum absolute atomic E-state index is 0.286. The first-order chi connectivity index (χ1) is 10.7. The van der Waals surface area contributed by atoms with Crippen molar-refractivity contribution >= 4 is 5.82 Å². The molecule has 0 aliphatic carbocycles. The van der Waals surface area contributed by atoms with Gasteiger partial charge in [-0.3, -0.25) is 4.98 Å². The number of aliphatic hydroxyl groups is 1. The van der Waals surface area contributed by atoms with E-state index in [2.05, 4.69) is 14.9 Å². The van der Waals surface area contributed by atoms with Crippen LogP contribution in [-0.4, -0.2) is 40.4 Å². The van der Waals surface area contributed by atoms with Gasteiger partial charge in [0.15, 0.2) is 0 Å². The molecule has 1 aliphatic heterocycles. The molecule has 116 valence electrons. The molecule has 0 spiro atoms. The summed E-state index contributed by atoms with van der Waals surface area (Å²) < 4.78 is 5.85. The van der Waals surface area contributed by atoms with Gasteiger partial charge in [-0.2, -0.15) is 0 Å². The lowest BCUT2D eigenvalue weighted by Crippen LogP contribution is -2.52. The van der Waals surface area contributed by atoms with Crippen LogP contribution in [0.2, 0.25) is 0 Å². The van der Waals surface area contributed by atoms with Crippen LogP contribution in [0.25, 0.3) is 0 Å². The molecule has 0 bridgehead atoms. The van der Waals surface area contributed by atoms with Crippen molar-refractivity contribution in [1.82, 2.24) is 9.97 Å². The first-order valence-electron chi connectivity index (χ1n) is 7.58. The van der Waals surface area contributed by atoms with Crippen LogP contribution in [0.15, 0.2) is 42.9 Å². The van der Waals surface area contributed by atoms with Crippen molar-refractivity contribution in [3.63, 3.8) is 0 Å². The first kappa shape index (κ1) is 14.8. The molecule has 0 radical (unpaired) electrons. The number of piperidine rings is 1. The molecule has 1 saturated heterocycles. The number of β-amino-alcohol motifs (C(OH)–C–C–N with tert-alkyl or cyclic N) is 1. The Morgan fingerprint density at radius 3 is 2.95 bits per heavy atom. The van der Waals surface area contributed by atoms with E-state index in [1.165, 1.54) is 0 Å². The van der Waals surface area contributed by atoms with E-state index >= 15 is 0 Å². The molecule has 1 atom stereocenters. The highest BCUT2D eigenvalue weighted by Gasteiger charge is 2.34. The Kier molecular flexibility index (Phi) is 4.24. The smallest absolute Gasteiger partial charge is 0.147 e. The summed E-state index contributed by atoms with van der Waals surface area (Å²) in [6, 6.07) is 7.86. The second kappa shape index (κ2) is 6.32. The van der Waals surface area contributed by atoms with Crippen LogP contribution in [0.5, 0.6) is 5.75 Å². The zero-order valence-corrected chi connectivity index (χ0v) is 12.8. The monoisotopic (exact) mass is 299 g/mol. The Bertz CT molecular complexity index is 620. The molecule has 1 fully saturated rings. The number of rotatable bonds is 4. The van der Waals surface area contributed by atoms with Crippen molar-refractivity contribution in [2.75, 3.05) is 24.6 Å². The van der Waals surface area contributed by atoms with Crippen LogP contribution in [0, 0.1) is 6.92 Å². The van der Waals surface area contributed by atoms with Gasteiger partial charge in [-0.25, -0.2) is 4.98 Å². The topological polar surface area (TPSA) is 58.5 Å². The average Bonchev–Trinajstić information content (AvgIpc) is 2.55. The lowest BCUT2D eigenvalue weighted by Gasteiger charge is -2.39. The summed E-state index contributed by atoms with van der Waals surface area (Å²) >= 11 is 0. The summed E-state index contributed by atoms with van der Waals surface area (Å²) in [6.07, 6.45) is 6.70. The third-order valence-electron chi connectivity index (χ3n) is 4.02. The highest BCUT2D eigenvalue weighted by Crippen LogP contribution is 2.26. The molecule has 1 aromatic carbocycles. The molecule has 5 nitrogen and oxygen atoms in total. The SMILES string of the molecule is Cc1ccccc1OC[C@]1(O)CCCN(c2cnccn2)C1. The predicted octanol–water partition coefficient (Wildman–Crippen LogP) is 2.20. The number of aromatic nitrogens is 2. The first-order valence-corrected chi connectivity index (χ1v) is 7.58. The summed E-state index contributed by atoms with van der Waals surface area (Å²) in [5.41, 5.74) is 0.214. The Morgan fingerprint density at radius 1 is 1.32 bits per heavy atom. The minimum Gasteiger partial charge on any atom is -0.490 e. The molecule has 3 rings (SSSR count). The summed E-state index contributed by atoms with van der Waals surface area (Å²) in [7, 11) is 0. The molecule has 1 aromatic heterocycles. The fourth-order valence-electron chi connectivity index (χ4n) is 2.81. The Hall–Kier alpha value is -2.14. The number of nitrogens with zero attached hydrogens (tertiary/aromatic N) is 3. The molecule has 0 amide bonds. The molecular weight excluding hydrogens is 278 g/mol. The maximum Gasteiger partial charge on any atom is 0.147 e. The summed E-state index contributed by atoms with van der Waals surface area (Å²) in [5.74, 6) is 1.63. The maximum absolute atomic E-state index is 10.8. The van der Waals surface area contributed by atoms with Crippen molar-refractivity contribution in [2.24, 2.45) is 0 Å². The van der Waals surface area contributed by atoms with Gasteiger partial charge in [0, 0.05) is 18.9 Å². The number of aryl methyl sites for hydroxylation is 1. The highest BCUT2D eigenvalue weighted by molar-refractivity contribution is 5.37. The van der Waals surface area contributed by atoms with Crippen LogP contribution in [0.3, 0.4) is 0 Å². The second-order valence-electron chi connectivity index (χ2n) is 5.87. The normalized spacial score (nSPS) is 21.6. The van der Waals surface area contributed by atoms with Crippen LogP contribution < -0.4 is 9.64 Å². The number of ether oxygens (including phenoxy) is 1. The van der Waals surface area contributed by atoms with Crippen LogP contribution >= 0.6 is 0 Å². The number of anilines is 1. The molecule has 0 unspecified atom stereocenters. The van der Waals surface area contributed by atoms with Crippen molar-refractivity contribution in [3.05, 3.63) is 48.4 Å². The minimum atomic E-state index is -0.863. The Balaban J connectivity index is 1.66. The summed E-state index contributed by atoms with van der Waals surface area (Å²) in [6.45, 7) is 3.68. The van der Waals surface area contributed by atoms with Gasteiger partial charge in [0.2, 0.25) is 0 Å². The van der Waals surface area contributed by atoms with E-state index in [9.17, 15) is 5.11 Å². The highest BCUT2D eigenvalue weighted by atomic mass is 16.5. The Morgan fingerprint density at radius 2 is 2.18 bits per heavy atom. The number of para-hydroxylation sites is 1. The van der Waals surface area contributed by atoms with Gasteiger partial charge in [-0.1, -0.05) is 18.2 Å². The average molecular weight is 299 g/mol. The van der Waals surface area contributed by atoms with E-state index in [0.717, 1.165) is 36.5 Å². The van der Waals surface area contributed by atoms with Crippen molar-refractivity contribution < 1.29 is 9.84 Å². The van der Waals surface area contributed by atoms with E-state index in [0.29, 0.717) is 6.54 Å². The standard InChI is InChI=1S/C17H21N3O2/c1-14-5-2-3-6-15(14)22-13-17(21)7-4-10-20(12-17)16-11-18-8-9-19-16/h2-3,5-6,8-9,11,21H,4,7,10,12-13H2,1H3/t17-/m0/s1. The van der Waals surface area contributed by atoms with Gasteiger partial charge < -0.3 is 14.7 Å². The number of hydrogen-bond acceptors (Lipinski definition) is 5. The lowest BCUT2D eigenvalue weighted by atomic mass is 9.93. The van der Waals surface area contributed by atoms with Crippen LogP contribution in [-0.2, 0) is 0 Å². The molecule has 0 saturated carbocycles. The zero-order valence-electron chi connectivity index (χ0n) is 12.8. The third-order valence-corrected chi connectivity index (χ3v) is 4.02. The van der Waals surface area contributed by atoms with Gasteiger partial charge >= 0.3 is 0 Å². The maximum atomic E-state index is 10.8. The second-order valence-corrected chi connectivity index (χ2v) is 5.87. The molecular formula is C17H21N3O2. The fraction of sp³-hybridized carbons (Fsp3) is 0.412. The molecule has 5 heteroatoms. The van der Waals surface area contributed by atoms with Crippen molar-refractivity contribution in [3.8, 4) is 5.75 Å². The molecule has 2 heterocycles. The van der Waals surface area contributed by atoms with Gasteiger partial charge in [0.1, 0.15) is 23.8 Å². The van der Waals surface area contributed by atoms with Gasteiger partial charge in [-0.15, -0.1) is 0 Å². The Labute approximate surface area is 130 Å². The van der Waals surface area contributed by atoms with Gasteiger partial charge in [0.05, 0.1) is 12.7 Å². The van der Waals surface area contributed by atoms with E-state index in [1.54, 1.807) is 18.6 Å². The largest absolute Gasteiger partial charge is 0.490 e. The van der Waals surface area contributed by atoms with E-state index < -0.39 is 5.60 Å². The van der Waals surface area contributed by atoms with E-state index in [4.69, 9.17) is 4.74 Å². The van der Waals surface area contributed by atoms with Crippen molar-refractivity contribution in [1.29, 1.82) is 0 Å². The summed E-state index contributed by atoms with van der Waals surface area (Å²) in [5, 5.41) is 10.8. The molecule has 2 aromatic rings. The predicted molar refractivity (Wildman–Crippen MR) is 85.1 cm³/mol. The van der Waals surface area contributed by atoms with E-state index in [-0.39, 0.29) is 6.61 Å². The quantitative estimate of drug-likeness (QED) is 0.938.